The second-order valence-electron chi connectivity index (χ2n) is 7.94. The fraction of sp³-hybridized carbons (Fsp3) is 0.280. The van der Waals surface area contributed by atoms with E-state index >= 15 is 0 Å². The van der Waals surface area contributed by atoms with Gasteiger partial charge in [0.05, 0.1) is 12.6 Å². The SMILES string of the molecule is COc1cc2c(Nc3ccc4cc[nH]c4c3)ncnc2cc1OC/C=C/CN1CCCC1.Cl. The van der Waals surface area contributed by atoms with Gasteiger partial charge in [0.25, 0.3) is 0 Å². The molecule has 3 heterocycles. The molecule has 8 heteroatoms. The summed E-state index contributed by atoms with van der Waals surface area (Å²) in [5, 5.41) is 5.44. The number of H-pyrrole nitrogens is 1. The van der Waals surface area contributed by atoms with Gasteiger partial charge in [-0.3, -0.25) is 4.90 Å². The minimum absolute atomic E-state index is 0. The maximum Gasteiger partial charge on any atom is 0.163 e. The van der Waals surface area contributed by atoms with Gasteiger partial charge in [0.2, 0.25) is 0 Å². The van der Waals surface area contributed by atoms with E-state index in [1.807, 2.05) is 30.5 Å². The highest BCUT2D eigenvalue weighted by Gasteiger charge is 2.12. The number of aromatic nitrogens is 3. The molecule has 0 spiro atoms. The summed E-state index contributed by atoms with van der Waals surface area (Å²) < 4.78 is 11.6. The number of anilines is 2. The zero-order valence-corrected chi connectivity index (χ0v) is 19.4. The highest BCUT2D eigenvalue weighted by Crippen LogP contribution is 2.35. The summed E-state index contributed by atoms with van der Waals surface area (Å²) in [5.74, 6) is 2.04. The largest absolute Gasteiger partial charge is 0.493 e. The highest BCUT2D eigenvalue weighted by molar-refractivity contribution is 5.94. The van der Waals surface area contributed by atoms with E-state index in [4.69, 9.17) is 9.47 Å². The molecule has 2 aromatic heterocycles. The molecule has 0 atom stereocenters. The molecule has 5 rings (SSSR count). The van der Waals surface area contributed by atoms with Crippen molar-refractivity contribution in [3.05, 3.63) is 61.1 Å². The molecule has 0 saturated carbocycles. The van der Waals surface area contributed by atoms with E-state index in [0.717, 1.165) is 34.5 Å². The number of ether oxygens (including phenoxy) is 2. The van der Waals surface area contributed by atoms with Crippen molar-refractivity contribution in [2.45, 2.75) is 12.8 Å². The minimum atomic E-state index is 0. The first kappa shape index (κ1) is 22.9. The maximum atomic E-state index is 5.98. The first-order chi connectivity index (χ1) is 15.8. The summed E-state index contributed by atoms with van der Waals surface area (Å²) in [4.78, 5) is 14.6. The number of rotatable bonds is 8. The first-order valence-electron chi connectivity index (χ1n) is 11.0. The molecular formula is C25H28ClN5O2. The van der Waals surface area contributed by atoms with Gasteiger partial charge in [-0.25, -0.2) is 9.97 Å². The number of nitrogens with one attached hydrogen (secondary N) is 2. The van der Waals surface area contributed by atoms with E-state index in [0.29, 0.717) is 18.1 Å². The summed E-state index contributed by atoms with van der Waals surface area (Å²) in [6.07, 6.45) is 10.3. The van der Waals surface area contributed by atoms with Crippen molar-refractivity contribution in [3.63, 3.8) is 0 Å². The van der Waals surface area contributed by atoms with Gasteiger partial charge in [-0.15, -0.1) is 12.4 Å². The Morgan fingerprint density at radius 3 is 2.79 bits per heavy atom. The van der Waals surface area contributed by atoms with Crippen LogP contribution in [0.15, 0.2) is 61.1 Å². The molecule has 172 valence electrons. The van der Waals surface area contributed by atoms with Crippen LogP contribution in [0.3, 0.4) is 0 Å². The second-order valence-corrected chi connectivity index (χ2v) is 7.94. The van der Waals surface area contributed by atoms with Gasteiger partial charge in [0.1, 0.15) is 18.8 Å². The van der Waals surface area contributed by atoms with Gasteiger partial charge in [-0.05, 0) is 55.6 Å². The number of aromatic amines is 1. The van der Waals surface area contributed by atoms with Crippen molar-refractivity contribution < 1.29 is 9.47 Å². The van der Waals surface area contributed by atoms with Crippen molar-refractivity contribution in [2.24, 2.45) is 0 Å². The van der Waals surface area contributed by atoms with Crippen molar-refractivity contribution in [1.82, 2.24) is 19.9 Å². The Hall–Kier alpha value is -3.29. The standard InChI is InChI=1S/C25H27N5O2.ClH/c1-31-23-15-20-22(16-24(23)32-13-5-4-12-30-10-2-3-11-30)27-17-28-25(20)29-19-7-6-18-8-9-26-21(18)14-19;/h4-9,14-17,26H,2-3,10-13H2,1H3,(H,27,28,29);1H/b5-4+;. The van der Waals surface area contributed by atoms with Gasteiger partial charge >= 0.3 is 0 Å². The van der Waals surface area contributed by atoms with Crippen molar-refractivity contribution in [3.8, 4) is 11.5 Å². The van der Waals surface area contributed by atoms with Crippen LogP contribution < -0.4 is 14.8 Å². The molecule has 2 aromatic carbocycles. The average molecular weight is 466 g/mol. The van der Waals surface area contributed by atoms with Gasteiger partial charge in [-0.2, -0.15) is 0 Å². The number of hydrogen-bond donors (Lipinski definition) is 2. The topological polar surface area (TPSA) is 75.3 Å². The van der Waals surface area contributed by atoms with Crippen LogP contribution in [-0.2, 0) is 0 Å². The number of hydrogen-bond acceptors (Lipinski definition) is 6. The fourth-order valence-corrected chi connectivity index (χ4v) is 4.09. The first-order valence-corrected chi connectivity index (χ1v) is 11.0. The van der Waals surface area contributed by atoms with Crippen LogP contribution in [0, 0.1) is 0 Å². The normalized spacial score (nSPS) is 14.1. The molecule has 33 heavy (non-hydrogen) atoms. The third-order valence-electron chi connectivity index (χ3n) is 5.80. The summed E-state index contributed by atoms with van der Waals surface area (Å²) >= 11 is 0. The zero-order valence-electron chi connectivity index (χ0n) is 18.6. The summed E-state index contributed by atoms with van der Waals surface area (Å²) in [6, 6.07) is 12.0. The number of nitrogens with zero attached hydrogens (tertiary/aromatic N) is 3. The Kier molecular flexibility index (Phi) is 7.32. The van der Waals surface area contributed by atoms with Gasteiger partial charge in [0.15, 0.2) is 11.5 Å². The molecule has 0 bridgehead atoms. The smallest absolute Gasteiger partial charge is 0.163 e. The lowest BCUT2D eigenvalue weighted by Crippen LogP contribution is -2.18. The van der Waals surface area contributed by atoms with Crippen LogP contribution >= 0.6 is 12.4 Å². The quantitative estimate of drug-likeness (QED) is 0.343. The van der Waals surface area contributed by atoms with E-state index in [1.54, 1.807) is 13.4 Å². The number of methoxy groups -OCH3 is 1. The molecule has 0 radical (unpaired) electrons. The van der Waals surface area contributed by atoms with Crippen LogP contribution in [-0.4, -0.2) is 53.2 Å². The lowest BCUT2D eigenvalue weighted by atomic mass is 10.2. The van der Waals surface area contributed by atoms with Crippen molar-refractivity contribution in [1.29, 1.82) is 0 Å². The van der Waals surface area contributed by atoms with Crippen LogP contribution in [0.1, 0.15) is 12.8 Å². The number of likely N-dealkylation sites (tertiary alicyclic amines) is 1. The van der Waals surface area contributed by atoms with Crippen LogP contribution in [0.5, 0.6) is 11.5 Å². The van der Waals surface area contributed by atoms with Crippen molar-refractivity contribution >= 4 is 45.7 Å². The molecule has 0 amide bonds. The molecule has 0 unspecified atom stereocenters. The van der Waals surface area contributed by atoms with Crippen molar-refractivity contribution in [2.75, 3.05) is 38.7 Å². The molecule has 1 aliphatic rings. The molecule has 4 aromatic rings. The van der Waals surface area contributed by atoms with E-state index in [-0.39, 0.29) is 12.4 Å². The molecule has 7 nitrogen and oxygen atoms in total. The monoisotopic (exact) mass is 465 g/mol. The molecule has 0 aliphatic carbocycles. The Balaban J connectivity index is 0.00000259. The fourth-order valence-electron chi connectivity index (χ4n) is 4.09. The van der Waals surface area contributed by atoms with E-state index in [9.17, 15) is 0 Å². The Labute approximate surface area is 199 Å². The number of fused-ring (bicyclic) bond motifs is 2. The Morgan fingerprint density at radius 1 is 1.06 bits per heavy atom. The average Bonchev–Trinajstić information content (AvgIpc) is 3.50. The lowest BCUT2D eigenvalue weighted by molar-refractivity contribution is 0.325. The zero-order chi connectivity index (χ0) is 21.8. The van der Waals surface area contributed by atoms with Crippen LogP contribution in [0.4, 0.5) is 11.5 Å². The summed E-state index contributed by atoms with van der Waals surface area (Å²) in [5.41, 5.74) is 2.81. The van der Waals surface area contributed by atoms with Crippen LogP contribution in [0.2, 0.25) is 0 Å². The predicted octanol–water partition coefficient (Wildman–Crippen LogP) is 5.32. The molecule has 1 fully saturated rings. The predicted molar refractivity (Wildman–Crippen MR) is 135 cm³/mol. The van der Waals surface area contributed by atoms with E-state index in [2.05, 4.69) is 49.5 Å². The number of halogens is 1. The molecule has 1 saturated heterocycles. The third kappa shape index (κ3) is 5.21. The van der Waals surface area contributed by atoms with Gasteiger partial charge in [0, 0.05) is 35.4 Å². The lowest BCUT2D eigenvalue weighted by Gasteiger charge is -2.13. The van der Waals surface area contributed by atoms with E-state index < -0.39 is 0 Å². The minimum Gasteiger partial charge on any atom is -0.493 e. The highest BCUT2D eigenvalue weighted by atomic mass is 35.5. The number of benzene rings is 2. The molecular weight excluding hydrogens is 438 g/mol. The van der Waals surface area contributed by atoms with Gasteiger partial charge < -0.3 is 19.8 Å². The van der Waals surface area contributed by atoms with Gasteiger partial charge in [-0.1, -0.05) is 18.2 Å². The van der Waals surface area contributed by atoms with Crippen LogP contribution in [0.25, 0.3) is 21.8 Å². The summed E-state index contributed by atoms with van der Waals surface area (Å²) in [6.45, 7) is 3.86. The summed E-state index contributed by atoms with van der Waals surface area (Å²) in [7, 11) is 1.65. The van der Waals surface area contributed by atoms with E-state index in [1.165, 1.54) is 31.3 Å². The Morgan fingerprint density at radius 2 is 1.94 bits per heavy atom. The Bertz CT molecular complexity index is 1250. The maximum absolute atomic E-state index is 5.98. The second kappa shape index (κ2) is 10.6. The molecule has 1 aliphatic heterocycles. The third-order valence-corrected chi connectivity index (χ3v) is 5.80. The molecule has 2 N–H and O–H groups in total.